The lowest BCUT2D eigenvalue weighted by Gasteiger charge is -2.22. The Kier molecular flexibility index (Phi) is 7.44. The minimum absolute atomic E-state index is 0.0360. The lowest BCUT2D eigenvalue weighted by atomic mass is 9.95. The highest BCUT2D eigenvalue weighted by atomic mass is 35.5. The number of nitrogens with one attached hydrogen (secondary N) is 1. The zero-order chi connectivity index (χ0) is 18.2. The van der Waals surface area contributed by atoms with Crippen molar-refractivity contribution in [2.75, 3.05) is 0 Å². The molecule has 2 rings (SSSR count). The Hall–Kier alpha value is -1.88. The lowest BCUT2D eigenvalue weighted by Crippen LogP contribution is -2.36. The second kappa shape index (κ2) is 9.56. The van der Waals surface area contributed by atoms with Gasteiger partial charge in [0.25, 0.3) is 0 Å². The van der Waals surface area contributed by atoms with Crippen molar-refractivity contribution in [3.05, 3.63) is 34.9 Å². The van der Waals surface area contributed by atoms with Crippen LogP contribution in [0, 0.1) is 0 Å². The Bertz CT molecular complexity index is 626. The average molecular weight is 366 g/mol. The first-order chi connectivity index (χ1) is 12.0. The molecule has 5 nitrogen and oxygen atoms in total. The smallest absolute Gasteiger partial charge is 0.307 e. The van der Waals surface area contributed by atoms with Gasteiger partial charge in [-0.25, -0.2) is 0 Å². The van der Waals surface area contributed by atoms with E-state index in [0.29, 0.717) is 10.6 Å². The molecule has 1 saturated carbocycles. The summed E-state index contributed by atoms with van der Waals surface area (Å²) in [7, 11) is 0. The Morgan fingerprint density at radius 3 is 2.60 bits per heavy atom. The number of hydrogen-bond acceptors (Lipinski definition) is 4. The third-order valence-electron chi connectivity index (χ3n) is 4.31. The molecule has 1 aliphatic carbocycles. The van der Waals surface area contributed by atoms with Crippen molar-refractivity contribution >= 4 is 29.3 Å². The lowest BCUT2D eigenvalue weighted by molar-refractivity contribution is -0.147. The number of hydrogen-bond donors (Lipinski definition) is 1. The molecule has 1 amide bonds. The molecular weight excluding hydrogens is 342 g/mol. The van der Waals surface area contributed by atoms with Gasteiger partial charge in [0.15, 0.2) is 6.10 Å². The molecule has 1 aromatic carbocycles. The summed E-state index contributed by atoms with van der Waals surface area (Å²) in [6.07, 6.45) is 4.62. The van der Waals surface area contributed by atoms with Crippen LogP contribution in [0.2, 0.25) is 5.02 Å². The molecule has 0 spiro atoms. The molecule has 6 heteroatoms. The van der Waals surface area contributed by atoms with Crippen molar-refractivity contribution in [1.82, 2.24) is 5.32 Å². The molecule has 0 bridgehead atoms. The summed E-state index contributed by atoms with van der Waals surface area (Å²) < 4.78 is 5.14. The van der Waals surface area contributed by atoms with Gasteiger partial charge >= 0.3 is 5.97 Å². The topological polar surface area (TPSA) is 72.5 Å². The van der Waals surface area contributed by atoms with Gasteiger partial charge in [0.05, 0.1) is 6.42 Å². The second-order valence-corrected chi connectivity index (χ2v) is 6.85. The zero-order valence-electron chi connectivity index (χ0n) is 14.4. The van der Waals surface area contributed by atoms with Crippen molar-refractivity contribution in [1.29, 1.82) is 0 Å². The molecule has 0 aliphatic heterocycles. The van der Waals surface area contributed by atoms with E-state index in [1.54, 1.807) is 18.2 Å². The van der Waals surface area contributed by atoms with E-state index in [1.807, 2.05) is 0 Å². The molecule has 0 aromatic heterocycles. The number of ether oxygens (including phenoxy) is 1. The first kappa shape index (κ1) is 19.4. The van der Waals surface area contributed by atoms with Crippen LogP contribution in [0.5, 0.6) is 0 Å². The van der Waals surface area contributed by atoms with Crippen LogP contribution in [0.25, 0.3) is 0 Å². The molecule has 0 heterocycles. The van der Waals surface area contributed by atoms with Gasteiger partial charge in [-0.1, -0.05) is 43.0 Å². The molecule has 136 valence electrons. The zero-order valence-corrected chi connectivity index (χ0v) is 15.2. The summed E-state index contributed by atoms with van der Waals surface area (Å²) >= 11 is 5.86. The predicted octanol–water partition coefficient (Wildman–Crippen LogP) is 3.68. The van der Waals surface area contributed by atoms with E-state index in [2.05, 4.69) is 5.32 Å². The number of Topliss-reactive ketones (excluding diaryl/α,β-unsaturated/α-hetero) is 1. The molecular formula is C19H24ClNO4. The van der Waals surface area contributed by atoms with E-state index >= 15 is 0 Å². The van der Waals surface area contributed by atoms with Crippen LogP contribution in [-0.2, 0) is 14.3 Å². The van der Waals surface area contributed by atoms with Crippen molar-refractivity contribution in [3.8, 4) is 0 Å². The number of amides is 1. The number of carbonyl (C=O) groups is 3. The van der Waals surface area contributed by atoms with E-state index in [0.717, 1.165) is 25.7 Å². The highest BCUT2D eigenvalue weighted by Gasteiger charge is 2.21. The molecule has 0 radical (unpaired) electrons. The molecule has 1 fully saturated rings. The summed E-state index contributed by atoms with van der Waals surface area (Å²) in [6, 6.07) is 6.71. The molecule has 25 heavy (non-hydrogen) atoms. The van der Waals surface area contributed by atoms with Crippen molar-refractivity contribution < 1.29 is 19.1 Å². The maximum atomic E-state index is 12.2. The quantitative estimate of drug-likeness (QED) is 0.591. The van der Waals surface area contributed by atoms with Gasteiger partial charge in [-0.2, -0.15) is 0 Å². The van der Waals surface area contributed by atoms with Gasteiger partial charge in [-0.05, 0) is 31.9 Å². The van der Waals surface area contributed by atoms with Gasteiger partial charge in [0, 0.05) is 23.0 Å². The van der Waals surface area contributed by atoms with Crippen LogP contribution in [0.1, 0.15) is 62.2 Å². The van der Waals surface area contributed by atoms with Crippen LogP contribution >= 0.6 is 11.6 Å². The summed E-state index contributed by atoms with van der Waals surface area (Å²) in [5.74, 6) is -1.01. The third-order valence-corrected chi connectivity index (χ3v) is 4.55. The number of carbonyl (C=O) groups excluding carboxylic acids is 3. The van der Waals surface area contributed by atoms with E-state index in [4.69, 9.17) is 16.3 Å². The fourth-order valence-electron chi connectivity index (χ4n) is 2.95. The van der Waals surface area contributed by atoms with E-state index in [-0.39, 0.29) is 30.6 Å². The van der Waals surface area contributed by atoms with Crippen molar-refractivity contribution in [2.45, 2.75) is 64.0 Å². The van der Waals surface area contributed by atoms with E-state index in [9.17, 15) is 14.4 Å². The summed E-state index contributed by atoms with van der Waals surface area (Å²) in [5.41, 5.74) is 0.392. The first-order valence-corrected chi connectivity index (χ1v) is 9.12. The maximum absolute atomic E-state index is 12.2. The Labute approximate surface area is 153 Å². The minimum Gasteiger partial charge on any atom is -0.454 e. The van der Waals surface area contributed by atoms with E-state index in [1.165, 1.54) is 19.4 Å². The fraction of sp³-hybridized carbons (Fsp3) is 0.526. The third kappa shape index (κ3) is 6.50. The molecule has 1 unspecified atom stereocenters. The molecule has 1 aromatic rings. The van der Waals surface area contributed by atoms with Crippen LogP contribution in [0.15, 0.2) is 24.3 Å². The number of halogens is 1. The molecule has 0 saturated heterocycles. The first-order valence-electron chi connectivity index (χ1n) is 8.74. The number of rotatable bonds is 7. The second-order valence-electron chi connectivity index (χ2n) is 6.41. The average Bonchev–Trinajstić information content (AvgIpc) is 2.60. The maximum Gasteiger partial charge on any atom is 0.307 e. The summed E-state index contributed by atoms with van der Waals surface area (Å²) in [6.45, 7) is 1.52. The number of esters is 1. The number of benzene rings is 1. The van der Waals surface area contributed by atoms with Crippen molar-refractivity contribution in [2.24, 2.45) is 0 Å². The Morgan fingerprint density at radius 1 is 1.20 bits per heavy atom. The Morgan fingerprint density at radius 2 is 1.92 bits per heavy atom. The van der Waals surface area contributed by atoms with Crippen molar-refractivity contribution in [3.63, 3.8) is 0 Å². The molecule has 1 aliphatic rings. The largest absolute Gasteiger partial charge is 0.454 e. The van der Waals surface area contributed by atoms with Gasteiger partial charge in [-0.15, -0.1) is 0 Å². The SMILES string of the molecule is CC(OC(=O)CCC(=O)NC1CCCCC1)C(=O)c1cccc(Cl)c1. The van der Waals surface area contributed by atoms with Crippen LogP contribution in [0.4, 0.5) is 0 Å². The van der Waals surface area contributed by atoms with Gasteiger partial charge < -0.3 is 10.1 Å². The predicted molar refractivity (Wildman–Crippen MR) is 95.6 cm³/mol. The number of ketones is 1. The standard InChI is InChI=1S/C19H24ClNO4/c1-13(19(24)14-6-5-7-15(20)12-14)25-18(23)11-10-17(22)21-16-8-3-2-4-9-16/h5-7,12-13,16H,2-4,8-11H2,1H3,(H,21,22). The van der Waals surface area contributed by atoms with Gasteiger partial charge in [-0.3, -0.25) is 14.4 Å². The summed E-state index contributed by atoms with van der Waals surface area (Å²) in [5, 5.41) is 3.40. The van der Waals surface area contributed by atoms with Crippen LogP contribution in [-0.4, -0.2) is 29.8 Å². The highest BCUT2D eigenvalue weighted by Crippen LogP contribution is 2.17. The Balaban J connectivity index is 1.73. The van der Waals surface area contributed by atoms with E-state index < -0.39 is 12.1 Å². The molecule has 1 N–H and O–H groups in total. The highest BCUT2D eigenvalue weighted by molar-refractivity contribution is 6.31. The van der Waals surface area contributed by atoms with Crippen LogP contribution in [0.3, 0.4) is 0 Å². The summed E-state index contributed by atoms with van der Waals surface area (Å²) in [4.78, 5) is 36.0. The monoisotopic (exact) mass is 365 g/mol. The van der Waals surface area contributed by atoms with Gasteiger partial charge in [0.2, 0.25) is 11.7 Å². The van der Waals surface area contributed by atoms with Gasteiger partial charge in [0.1, 0.15) is 0 Å². The van der Waals surface area contributed by atoms with Crippen LogP contribution < -0.4 is 5.32 Å². The minimum atomic E-state index is -0.910. The fourth-order valence-corrected chi connectivity index (χ4v) is 3.14. The normalized spacial score (nSPS) is 16.1. The molecule has 1 atom stereocenters.